The predicted octanol–water partition coefficient (Wildman–Crippen LogP) is 1.73. The predicted molar refractivity (Wildman–Crippen MR) is 46.7 cm³/mol. The van der Waals surface area contributed by atoms with E-state index in [1.54, 1.807) is 11.3 Å². The van der Waals surface area contributed by atoms with E-state index in [9.17, 15) is 5.11 Å². The zero-order chi connectivity index (χ0) is 7.90. The number of hydrogen-bond donors (Lipinski definition) is 1. The standard InChI is InChI=1S/C7H7BrO2S/c8-5-1-6(11-2-5)7(9)3-10-4-7/h1-2,9H,3-4H2. The van der Waals surface area contributed by atoms with Gasteiger partial charge in [0.2, 0.25) is 0 Å². The third kappa shape index (κ3) is 1.24. The molecule has 4 heteroatoms. The summed E-state index contributed by atoms with van der Waals surface area (Å²) in [4.78, 5) is 0.982. The molecule has 11 heavy (non-hydrogen) atoms. The van der Waals surface area contributed by atoms with Crippen LogP contribution in [-0.2, 0) is 10.3 Å². The molecule has 1 N–H and O–H groups in total. The molecule has 1 fully saturated rings. The Morgan fingerprint density at radius 1 is 1.64 bits per heavy atom. The van der Waals surface area contributed by atoms with Gasteiger partial charge in [-0.2, -0.15) is 0 Å². The minimum Gasteiger partial charge on any atom is -0.379 e. The lowest BCUT2D eigenvalue weighted by molar-refractivity contribution is -0.182. The number of ether oxygens (including phenoxy) is 1. The van der Waals surface area contributed by atoms with Crippen LogP contribution in [0, 0.1) is 0 Å². The quantitative estimate of drug-likeness (QED) is 0.803. The van der Waals surface area contributed by atoms with Crippen LogP contribution in [0.2, 0.25) is 0 Å². The molecule has 2 rings (SSSR count). The molecule has 2 heterocycles. The molecule has 0 aromatic carbocycles. The molecule has 0 bridgehead atoms. The van der Waals surface area contributed by atoms with E-state index in [4.69, 9.17) is 4.74 Å². The summed E-state index contributed by atoms with van der Waals surface area (Å²) in [7, 11) is 0. The Balaban J connectivity index is 2.28. The van der Waals surface area contributed by atoms with Gasteiger partial charge >= 0.3 is 0 Å². The molecule has 0 atom stereocenters. The number of hydrogen-bond acceptors (Lipinski definition) is 3. The van der Waals surface area contributed by atoms with Crippen LogP contribution in [0.1, 0.15) is 4.88 Å². The number of rotatable bonds is 1. The van der Waals surface area contributed by atoms with E-state index < -0.39 is 5.60 Å². The fourth-order valence-corrected chi connectivity index (χ4v) is 2.50. The van der Waals surface area contributed by atoms with Crippen LogP contribution in [0.15, 0.2) is 15.9 Å². The van der Waals surface area contributed by atoms with Gasteiger partial charge < -0.3 is 9.84 Å². The highest BCUT2D eigenvalue weighted by Gasteiger charge is 2.39. The zero-order valence-electron chi connectivity index (χ0n) is 5.71. The smallest absolute Gasteiger partial charge is 0.145 e. The van der Waals surface area contributed by atoms with E-state index in [1.165, 1.54) is 0 Å². The molecular weight excluding hydrogens is 228 g/mol. The van der Waals surface area contributed by atoms with Crippen molar-refractivity contribution in [2.75, 3.05) is 13.2 Å². The Labute approximate surface area is 76.9 Å². The molecule has 0 spiro atoms. The highest BCUT2D eigenvalue weighted by Crippen LogP contribution is 2.34. The molecule has 1 aromatic heterocycles. The van der Waals surface area contributed by atoms with Gasteiger partial charge in [-0.1, -0.05) is 0 Å². The maximum absolute atomic E-state index is 9.76. The van der Waals surface area contributed by atoms with Gasteiger partial charge in [-0.05, 0) is 22.0 Å². The van der Waals surface area contributed by atoms with Crippen molar-refractivity contribution in [2.45, 2.75) is 5.60 Å². The van der Waals surface area contributed by atoms with Gasteiger partial charge in [-0.3, -0.25) is 0 Å². The molecule has 1 aromatic rings. The molecule has 0 unspecified atom stereocenters. The highest BCUT2D eigenvalue weighted by molar-refractivity contribution is 9.10. The van der Waals surface area contributed by atoms with Gasteiger partial charge in [0.05, 0.1) is 13.2 Å². The molecule has 1 aliphatic rings. The average Bonchev–Trinajstić information content (AvgIpc) is 2.31. The van der Waals surface area contributed by atoms with Crippen molar-refractivity contribution in [1.82, 2.24) is 0 Å². The first kappa shape index (κ1) is 7.73. The van der Waals surface area contributed by atoms with Gasteiger partial charge in [0, 0.05) is 14.7 Å². The largest absolute Gasteiger partial charge is 0.379 e. The first-order valence-electron chi connectivity index (χ1n) is 3.25. The van der Waals surface area contributed by atoms with Crippen LogP contribution in [0.3, 0.4) is 0 Å². The van der Waals surface area contributed by atoms with E-state index >= 15 is 0 Å². The lowest BCUT2D eigenvalue weighted by atomic mass is 10.0. The summed E-state index contributed by atoms with van der Waals surface area (Å²) in [5.41, 5.74) is -0.698. The topological polar surface area (TPSA) is 29.5 Å². The van der Waals surface area contributed by atoms with Gasteiger partial charge in [0.25, 0.3) is 0 Å². The Morgan fingerprint density at radius 3 is 2.73 bits per heavy atom. The van der Waals surface area contributed by atoms with Crippen LogP contribution in [0.5, 0.6) is 0 Å². The third-order valence-electron chi connectivity index (χ3n) is 1.71. The van der Waals surface area contributed by atoms with E-state index in [-0.39, 0.29) is 0 Å². The molecular formula is C7H7BrO2S. The second-order valence-electron chi connectivity index (χ2n) is 2.65. The number of aliphatic hydroxyl groups is 1. The van der Waals surface area contributed by atoms with Crippen LogP contribution < -0.4 is 0 Å². The Bertz CT molecular complexity index is 267. The summed E-state index contributed by atoms with van der Waals surface area (Å²) >= 11 is 4.89. The fourth-order valence-electron chi connectivity index (χ4n) is 0.995. The molecule has 0 amide bonds. The number of thiophene rings is 1. The van der Waals surface area contributed by atoms with Crippen LogP contribution in [0.4, 0.5) is 0 Å². The van der Waals surface area contributed by atoms with Crippen LogP contribution in [-0.4, -0.2) is 18.3 Å². The normalized spacial score (nSPS) is 21.3. The van der Waals surface area contributed by atoms with Crippen molar-refractivity contribution in [3.63, 3.8) is 0 Å². The summed E-state index contributed by atoms with van der Waals surface area (Å²) in [5.74, 6) is 0. The first-order valence-corrected chi connectivity index (χ1v) is 4.93. The van der Waals surface area contributed by atoms with E-state index in [0.29, 0.717) is 13.2 Å². The zero-order valence-corrected chi connectivity index (χ0v) is 8.11. The summed E-state index contributed by atoms with van der Waals surface area (Å²) in [6.45, 7) is 0.861. The monoisotopic (exact) mass is 234 g/mol. The summed E-state index contributed by atoms with van der Waals surface area (Å²) < 4.78 is 5.97. The second-order valence-corrected chi connectivity index (χ2v) is 4.48. The fraction of sp³-hybridized carbons (Fsp3) is 0.429. The minimum atomic E-state index is -0.698. The average molecular weight is 235 g/mol. The van der Waals surface area contributed by atoms with E-state index in [1.807, 2.05) is 11.4 Å². The van der Waals surface area contributed by atoms with Crippen LogP contribution >= 0.6 is 27.3 Å². The van der Waals surface area contributed by atoms with Gasteiger partial charge in [-0.25, -0.2) is 0 Å². The highest BCUT2D eigenvalue weighted by atomic mass is 79.9. The number of halogens is 1. The molecule has 0 aliphatic carbocycles. The van der Waals surface area contributed by atoms with Crippen molar-refractivity contribution in [1.29, 1.82) is 0 Å². The molecule has 1 saturated heterocycles. The Morgan fingerprint density at radius 2 is 2.36 bits per heavy atom. The van der Waals surface area contributed by atoms with Crippen molar-refractivity contribution in [3.05, 3.63) is 20.8 Å². The molecule has 0 radical (unpaired) electrons. The van der Waals surface area contributed by atoms with E-state index in [0.717, 1.165) is 9.35 Å². The van der Waals surface area contributed by atoms with Gasteiger partial charge in [0.1, 0.15) is 5.60 Å². The summed E-state index contributed by atoms with van der Waals surface area (Å²) in [6, 6.07) is 1.94. The lowest BCUT2D eigenvalue weighted by Crippen LogP contribution is -2.45. The van der Waals surface area contributed by atoms with Crippen molar-refractivity contribution < 1.29 is 9.84 Å². The van der Waals surface area contributed by atoms with E-state index in [2.05, 4.69) is 15.9 Å². The summed E-state index contributed by atoms with van der Waals surface area (Å²) in [5, 5.41) is 11.7. The SMILES string of the molecule is OC1(c2cc(Br)cs2)COC1. The molecule has 0 saturated carbocycles. The van der Waals surface area contributed by atoms with Crippen molar-refractivity contribution in [3.8, 4) is 0 Å². The molecule has 60 valence electrons. The lowest BCUT2D eigenvalue weighted by Gasteiger charge is -2.35. The van der Waals surface area contributed by atoms with Crippen molar-refractivity contribution >= 4 is 27.3 Å². The first-order chi connectivity index (χ1) is 5.21. The van der Waals surface area contributed by atoms with Gasteiger partial charge in [0.15, 0.2) is 0 Å². The minimum absolute atomic E-state index is 0.431. The summed E-state index contributed by atoms with van der Waals surface area (Å²) in [6.07, 6.45) is 0. The molecule has 2 nitrogen and oxygen atoms in total. The Kier molecular flexibility index (Phi) is 1.79. The van der Waals surface area contributed by atoms with Crippen LogP contribution in [0.25, 0.3) is 0 Å². The Hall–Kier alpha value is 0.1000. The maximum Gasteiger partial charge on any atom is 0.145 e. The third-order valence-corrected chi connectivity index (χ3v) is 3.59. The van der Waals surface area contributed by atoms with Gasteiger partial charge in [-0.15, -0.1) is 11.3 Å². The maximum atomic E-state index is 9.76. The second kappa shape index (κ2) is 2.55. The molecule has 1 aliphatic heterocycles. The van der Waals surface area contributed by atoms with Crippen molar-refractivity contribution in [2.24, 2.45) is 0 Å².